The van der Waals surface area contributed by atoms with Crippen LogP contribution in [0.15, 0.2) is 270 Å². The maximum Gasteiger partial charge on any atom is 0.495 e. The molecule has 0 atom stereocenters. The van der Waals surface area contributed by atoms with Crippen molar-refractivity contribution in [3.8, 4) is 33.4 Å². The van der Waals surface area contributed by atoms with Gasteiger partial charge in [0.2, 0.25) is 12.8 Å². The van der Waals surface area contributed by atoms with Crippen molar-refractivity contribution in [2.24, 2.45) is 0 Å². The number of benzene rings is 11. The molecular weight excluding hydrogens is 1920 g/mol. The molecule has 1 aliphatic heterocycles. The molecule has 0 saturated carbocycles. The van der Waals surface area contributed by atoms with Gasteiger partial charge in [-0.1, -0.05) is 102 Å². The molecule has 132 heavy (non-hydrogen) atoms. The number of halogens is 7. The lowest BCUT2D eigenvalue weighted by atomic mass is 9.75. The number of nitro groups is 2. The maximum atomic E-state index is 12.9. The SMILES string of the molecule is Brc1ccc2ncncc2c1.COC(=O)c1ccc(C)c(-c2ccc3ncncc3c2)c1.COC(=O)c1ccc(C)c(B2OC(C)(C)C(C)(C)O2)c1.Cc1ccc(C(=O)Nc2cccc(C(F)(F)F)c2)cc1-c1ccc2ncncc2c1.Cc1ccc(C(=O)O)cc1-c1ccc2ncncc2c1.Cl.O=CNCN(C=O)c1cc(Br)ccc1[N+](=O)[O-].O=Cc1cc(Br)ccc1[N+](=O)[O-]. The monoisotopic (exact) mass is 2000 g/mol. The molecule has 15 aromatic rings. The van der Waals surface area contributed by atoms with Crippen LogP contribution in [0.4, 0.5) is 35.9 Å². The van der Waals surface area contributed by atoms with Crippen molar-refractivity contribution < 1.29 is 80.5 Å². The first-order valence-corrected chi connectivity index (χ1v) is 41.7. The number of carbonyl (C=O) groups is 7. The van der Waals surface area contributed by atoms with Crippen LogP contribution in [0, 0.1) is 47.9 Å². The fourth-order valence-corrected chi connectivity index (χ4v) is 13.9. The van der Waals surface area contributed by atoms with E-state index < -0.39 is 51.8 Å². The minimum atomic E-state index is -4.47. The number of carbonyl (C=O) groups excluding carboxylic acids is 6. The Morgan fingerprint density at radius 1 is 0.508 bits per heavy atom. The number of hydrogen-bond acceptors (Lipinski definition) is 23. The topological polar surface area (TPSA) is 393 Å². The van der Waals surface area contributed by atoms with Gasteiger partial charge in [-0.25, -0.2) is 54.3 Å². The molecule has 1 fully saturated rings. The summed E-state index contributed by atoms with van der Waals surface area (Å²) in [6.45, 7) is 15.8. The van der Waals surface area contributed by atoms with Crippen LogP contribution in [-0.4, -0.2) is 137 Å². The molecule has 0 aliphatic carbocycles. The summed E-state index contributed by atoms with van der Waals surface area (Å²) in [5.74, 6) is -2.10. The lowest BCUT2D eigenvalue weighted by Gasteiger charge is -2.32. The van der Waals surface area contributed by atoms with Crippen molar-refractivity contribution in [2.45, 2.75) is 72.8 Å². The van der Waals surface area contributed by atoms with E-state index in [1.807, 2.05) is 159 Å². The zero-order valence-electron chi connectivity index (χ0n) is 71.9. The Morgan fingerprint density at radius 3 is 1.35 bits per heavy atom. The van der Waals surface area contributed by atoms with E-state index in [9.17, 15) is 67.0 Å². The van der Waals surface area contributed by atoms with Gasteiger partial charge in [0.15, 0.2) is 6.29 Å². The molecule has 1 saturated heterocycles. The molecule has 29 nitrogen and oxygen atoms in total. The highest BCUT2D eigenvalue weighted by atomic mass is 79.9. The van der Waals surface area contributed by atoms with Crippen molar-refractivity contribution in [3.63, 3.8) is 0 Å². The first-order valence-electron chi connectivity index (χ1n) is 39.3. The molecule has 674 valence electrons. The lowest BCUT2D eigenvalue weighted by Crippen LogP contribution is -2.41. The molecule has 11 aromatic carbocycles. The third-order valence-electron chi connectivity index (χ3n) is 20.4. The quantitative estimate of drug-likeness (QED) is 0.0190. The molecule has 0 spiro atoms. The number of fused-ring (bicyclic) bond motifs is 4. The van der Waals surface area contributed by atoms with Crippen LogP contribution < -0.4 is 21.0 Å². The highest BCUT2D eigenvalue weighted by molar-refractivity contribution is 9.11. The molecule has 16 rings (SSSR count). The predicted octanol–water partition coefficient (Wildman–Crippen LogP) is 20.7. The van der Waals surface area contributed by atoms with Crippen molar-refractivity contribution in [1.29, 1.82) is 0 Å². The second kappa shape index (κ2) is 46.2. The number of aromatic nitrogens is 8. The number of esters is 2. The van der Waals surface area contributed by atoms with E-state index in [4.69, 9.17) is 23.9 Å². The number of carboxylic acids is 1. The number of aryl methyl sites for hydroxylation is 4. The smallest absolute Gasteiger partial charge is 0.478 e. The van der Waals surface area contributed by atoms with Gasteiger partial charge >= 0.3 is 31.2 Å². The molecule has 5 heterocycles. The summed E-state index contributed by atoms with van der Waals surface area (Å²) in [5.41, 5.74) is 14.1. The van der Waals surface area contributed by atoms with E-state index in [1.54, 1.807) is 73.6 Å². The van der Waals surface area contributed by atoms with Gasteiger partial charge in [0, 0.05) is 83.1 Å². The molecule has 0 unspecified atom stereocenters. The van der Waals surface area contributed by atoms with Crippen molar-refractivity contribution in [3.05, 3.63) is 346 Å². The third kappa shape index (κ3) is 26.7. The Bertz CT molecular complexity index is 6800. The van der Waals surface area contributed by atoms with E-state index >= 15 is 0 Å². The number of hydrogen-bond donors (Lipinski definition) is 3. The summed E-state index contributed by atoms with van der Waals surface area (Å²) in [5, 5.41) is 38.8. The Balaban J connectivity index is 0.000000177. The molecule has 37 heteroatoms. The Kier molecular flexibility index (Phi) is 35.5. The van der Waals surface area contributed by atoms with Gasteiger partial charge in [-0.2, -0.15) is 13.2 Å². The van der Waals surface area contributed by atoms with Crippen LogP contribution in [-0.2, 0) is 34.5 Å². The van der Waals surface area contributed by atoms with Gasteiger partial charge in [0.25, 0.3) is 17.3 Å². The number of nitrogens with zero attached hydrogens (tertiary/aromatic N) is 11. The van der Waals surface area contributed by atoms with Crippen molar-refractivity contribution in [1.82, 2.24) is 45.2 Å². The standard InChI is InChI=1S/C23H16F3N3O.C17H14N2O2.C16H12N2O2.C15H21BO4.C9H8BrN3O4.C8H5BrN2.C7H4BrNO3.ClH/c1-14-5-6-16(22(30)29-19-4-2-3-18(11-19)23(24,25)26)10-20(14)15-7-8-21-17(9-15)12-27-13-28-21;1-11-3-4-13(17(20)21-2)8-15(11)12-5-6-16-14(7-12)9-18-10-19-16;1-10-2-3-12(16(19)20)7-14(10)11-4-5-15-13(6-11)8-17-9-18-15;1-10-7-8-11(13(17)18-6)9-12(10)16-19-14(2,3)15(4,5)20-16;10-7-1-2-8(13(16)17)9(3-7)12(6-15)4-11-5-14;9-7-1-2-8-6(3-7)4-10-5-11-8;8-6-1-2-7(9(11)12)5(3-6)4-10;/h2-13H,1H3,(H,29,30);3-10H,1-2H3;2-9H,1H3,(H,19,20);7-9H,1-6H3;1-3,5-6H,4H2,(H,11,14);1-5H;1-4H;1H. The number of carboxylic acid groups (broad SMARTS) is 1. The summed E-state index contributed by atoms with van der Waals surface area (Å²) >= 11 is 9.64. The summed E-state index contributed by atoms with van der Waals surface area (Å²) in [6.07, 6.45) is 9.92. The molecule has 1 aliphatic rings. The first-order chi connectivity index (χ1) is 62.4. The fraction of sp³-hybridized carbons (Fsp3) is 0.147. The zero-order valence-corrected chi connectivity index (χ0v) is 77.5. The number of rotatable bonds is 17. The Hall–Kier alpha value is -14.4. The largest absolute Gasteiger partial charge is 0.495 e. The van der Waals surface area contributed by atoms with Crippen molar-refractivity contribution in [2.75, 3.05) is 31.1 Å². The van der Waals surface area contributed by atoms with E-state index in [0.717, 1.165) is 126 Å². The third-order valence-corrected chi connectivity index (χ3v) is 21.9. The number of aromatic carboxylic acids is 1. The van der Waals surface area contributed by atoms with Gasteiger partial charge in [0.1, 0.15) is 31.0 Å². The molecule has 3 amide bonds. The number of anilines is 2. The highest BCUT2D eigenvalue weighted by Gasteiger charge is 2.52. The molecule has 0 radical (unpaired) electrons. The Morgan fingerprint density at radius 2 is 0.909 bits per heavy atom. The Labute approximate surface area is 785 Å². The number of ether oxygens (including phenoxy) is 2. The summed E-state index contributed by atoms with van der Waals surface area (Å²) in [4.78, 5) is 132. The first kappa shape index (κ1) is 101. The molecular formula is C95H81BBr3ClF3N13O16. The van der Waals surface area contributed by atoms with Crippen molar-refractivity contribution >= 4 is 182 Å². The van der Waals surface area contributed by atoms with Crippen LogP contribution in [0.2, 0.25) is 0 Å². The molecule has 4 aromatic heterocycles. The minimum Gasteiger partial charge on any atom is -0.478 e. The van der Waals surface area contributed by atoms with Gasteiger partial charge in [-0.05, 0) is 257 Å². The van der Waals surface area contributed by atoms with E-state index in [1.165, 1.54) is 81.7 Å². The number of nitro benzene ring substituents is 2. The van der Waals surface area contributed by atoms with Gasteiger partial charge in [0.05, 0.1) is 91.8 Å². The van der Waals surface area contributed by atoms with E-state index in [-0.39, 0.29) is 64.9 Å². The van der Waals surface area contributed by atoms with Gasteiger partial charge in [-0.3, -0.25) is 44.3 Å². The average molecular weight is 2000 g/mol. The minimum absolute atomic E-state index is 0. The number of aldehydes is 1. The maximum absolute atomic E-state index is 12.9. The van der Waals surface area contributed by atoms with Crippen LogP contribution >= 0.6 is 60.2 Å². The van der Waals surface area contributed by atoms with Crippen LogP contribution in [0.3, 0.4) is 0 Å². The van der Waals surface area contributed by atoms with Crippen LogP contribution in [0.5, 0.6) is 0 Å². The van der Waals surface area contributed by atoms with Crippen LogP contribution in [0.25, 0.3) is 77.0 Å². The predicted molar refractivity (Wildman–Crippen MR) is 509 cm³/mol. The highest BCUT2D eigenvalue weighted by Crippen LogP contribution is 2.39. The normalized spacial score (nSPS) is 11.9. The summed E-state index contributed by atoms with van der Waals surface area (Å²) in [6, 6.07) is 57.7. The summed E-state index contributed by atoms with van der Waals surface area (Å²) in [7, 11) is 2.29. The fourth-order valence-electron chi connectivity index (χ4n) is 12.8. The van der Waals surface area contributed by atoms with E-state index in [2.05, 4.69) is 98.3 Å². The molecule has 0 bridgehead atoms. The number of amides is 3. The van der Waals surface area contributed by atoms with Crippen LogP contribution in [0.1, 0.15) is 107 Å². The number of alkyl halides is 3. The van der Waals surface area contributed by atoms with E-state index in [0.29, 0.717) is 44.7 Å². The molecule has 3 N–H and O–H groups in total. The number of methoxy groups -OCH3 is 2. The number of nitrogens with one attached hydrogen (secondary N) is 2. The average Bonchev–Trinajstić information content (AvgIpc) is 1.62. The van der Waals surface area contributed by atoms with Gasteiger partial charge in [-0.15, -0.1) is 12.4 Å². The summed E-state index contributed by atoms with van der Waals surface area (Å²) < 4.78 is 62.6. The lowest BCUT2D eigenvalue weighted by molar-refractivity contribution is -0.385. The zero-order chi connectivity index (χ0) is 95.0. The van der Waals surface area contributed by atoms with Gasteiger partial charge < -0.3 is 34.5 Å². The second-order valence-corrected chi connectivity index (χ2v) is 32.5. The second-order valence-electron chi connectivity index (χ2n) is 29.7.